The lowest BCUT2D eigenvalue weighted by molar-refractivity contribution is 0.0532. The topological polar surface area (TPSA) is 58.2 Å². The fourth-order valence-electron chi connectivity index (χ4n) is 4.53. The van der Waals surface area contributed by atoms with Gasteiger partial charge in [-0.05, 0) is 24.1 Å². The average Bonchev–Trinajstić information content (AvgIpc) is 3.17. The second kappa shape index (κ2) is 7.80. The molecule has 1 aliphatic heterocycles. The Morgan fingerprint density at radius 2 is 1.69 bits per heavy atom. The standard InChI is InChI=1S/C26H25N3O3/c1-17-9-12-19(13-10-17)22-21-24(27(2)26(31)28(3)25(21)30)23-20(32-16-15-29(22)23)14-11-18-7-5-4-6-8-18/h4-14,20H,15-16H2,1-3H3/b14-11+. The molecule has 1 aliphatic rings. The number of aryl methyl sites for hydroxylation is 2. The Hall–Kier alpha value is -3.64. The van der Waals surface area contributed by atoms with Gasteiger partial charge in [0.1, 0.15) is 6.10 Å². The Bertz CT molecular complexity index is 1460. The minimum absolute atomic E-state index is 0.286. The van der Waals surface area contributed by atoms with E-state index < -0.39 is 0 Å². The number of ether oxygens (including phenoxy) is 1. The van der Waals surface area contributed by atoms with Crippen LogP contribution in [-0.2, 0) is 25.4 Å². The van der Waals surface area contributed by atoms with Crippen molar-refractivity contribution < 1.29 is 4.74 Å². The predicted octanol–water partition coefficient (Wildman–Crippen LogP) is 3.80. The summed E-state index contributed by atoms with van der Waals surface area (Å²) in [4.78, 5) is 26.2. The van der Waals surface area contributed by atoms with Gasteiger partial charge < -0.3 is 9.30 Å². The van der Waals surface area contributed by atoms with Gasteiger partial charge in [-0.1, -0.05) is 66.2 Å². The third kappa shape index (κ3) is 3.15. The van der Waals surface area contributed by atoms with E-state index in [9.17, 15) is 9.59 Å². The molecule has 162 valence electrons. The van der Waals surface area contributed by atoms with E-state index in [1.807, 2.05) is 73.7 Å². The highest BCUT2D eigenvalue weighted by atomic mass is 16.5. The molecular weight excluding hydrogens is 402 g/mol. The van der Waals surface area contributed by atoms with Crippen LogP contribution >= 0.6 is 0 Å². The zero-order valence-electron chi connectivity index (χ0n) is 18.4. The largest absolute Gasteiger partial charge is 0.366 e. The summed E-state index contributed by atoms with van der Waals surface area (Å²) in [5, 5.41) is 0.553. The number of nitrogens with zero attached hydrogens (tertiary/aromatic N) is 3. The van der Waals surface area contributed by atoms with E-state index in [1.165, 1.54) is 11.6 Å². The minimum atomic E-state index is -0.372. The molecular formula is C26H25N3O3. The molecule has 0 amide bonds. The maximum absolute atomic E-state index is 13.3. The fraction of sp³-hybridized carbons (Fsp3) is 0.231. The number of hydrogen-bond acceptors (Lipinski definition) is 3. The van der Waals surface area contributed by atoms with Crippen LogP contribution in [0.5, 0.6) is 0 Å². The highest BCUT2D eigenvalue weighted by Crippen LogP contribution is 2.38. The normalized spacial score (nSPS) is 16.0. The first-order valence-corrected chi connectivity index (χ1v) is 10.7. The maximum Gasteiger partial charge on any atom is 0.331 e. The number of hydrogen-bond donors (Lipinski definition) is 0. The third-order valence-electron chi connectivity index (χ3n) is 6.17. The van der Waals surface area contributed by atoms with Crippen molar-refractivity contribution in [3.05, 3.63) is 98.3 Å². The molecule has 0 radical (unpaired) electrons. The first-order chi connectivity index (χ1) is 15.5. The average molecular weight is 428 g/mol. The molecule has 3 heterocycles. The summed E-state index contributed by atoms with van der Waals surface area (Å²) < 4.78 is 11.0. The zero-order chi connectivity index (χ0) is 22.4. The summed E-state index contributed by atoms with van der Waals surface area (Å²) >= 11 is 0. The Kier molecular flexibility index (Phi) is 4.94. The molecule has 0 spiro atoms. The second-order valence-corrected chi connectivity index (χ2v) is 8.24. The lowest BCUT2D eigenvalue weighted by Crippen LogP contribution is -2.37. The summed E-state index contributed by atoms with van der Waals surface area (Å²) in [6.07, 6.45) is 3.65. The van der Waals surface area contributed by atoms with Crippen LogP contribution in [0.15, 0.2) is 70.3 Å². The highest BCUT2D eigenvalue weighted by Gasteiger charge is 2.31. The molecule has 6 nitrogen and oxygen atoms in total. The Morgan fingerprint density at radius 3 is 2.41 bits per heavy atom. The van der Waals surface area contributed by atoms with Crippen LogP contribution in [0.2, 0.25) is 0 Å². The van der Waals surface area contributed by atoms with Gasteiger partial charge in [-0.2, -0.15) is 0 Å². The summed E-state index contributed by atoms with van der Waals surface area (Å²) in [6.45, 7) is 3.17. The van der Waals surface area contributed by atoms with Crippen LogP contribution in [-0.4, -0.2) is 20.3 Å². The Morgan fingerprint density at radius 1 is 0.969 bits per heavy atom. The first kappa shape index (κ1) is 20.3. The van der Waals surface area contributed by atoms with Crippen molar-refractivity contribution in [2.24, 2.45) is 14.1 Å². The molecule has 2 aromatic heterocycles. The number of aromatic nitrogens is 3. The highest BCUT2D eigenvalue weighted by molar-refractivity contribution is 5.96. The van der Waals surface area contributed by atoms with Gasteiger partial charge in [-0.25, -0.2) is 4.79 Å². The van der Waals surface area contributed by atoms with Gasteiger partial charge in [0.2, 0.25) is 0 Å². The van der Waals surface area contributed by atoms with Crippen molar-refractivity contribution in [3.63, 3.8) is 0 Å². The minimum Gasteiger partial charge on any atom is -0.366 e. The molecule has 2 aromatic carbocycles. The van der Waals surface area contributed by atoms with Gasteiger partial charge in [-0.15, -0.1) is 0 Å². The molecule has 0 fully saturated rings. The van der Waals surface area contributed by atoms with E-state index in [0.29, 0.717) is 24.1 Å². The molecule has 0 aliphatic carbocycles. The van der Waals surface area contributed by atoms with Gasteiger partial charge in [-0.3, -0.25) is 13.9 Å². The zero-order valence-corrected chi connectivity index (χ0v) is 18.4. The summed E-state index contributed by atoms with van der Waals surface area (Å²) in [7, 11) is 3.25. The van der Waals surface area contributed by atoms with E-state index in [1.54, 1.807) is 11.6 Å². The molecule has 6 heteroatoms. The van der Waals surface area contributed by atoms with Crippen LogP contribution in [0, 0.1) is 6.92 Å². The molecule has 1 atom stereocenters. The molecule has 1 unspecified atom stereocenters. The molecule has 0 saturated carbocycles. The van der Waals surface area contributed by atoms with Crippen LogP contribution < -0.4 is 11.2 Å². The summed E-state index contributed by atoms with van der Waals surface area (Å²) in [5.41, 5.74) is 4.85. The molecule has 5 rings (SSSR count). The van der Waals surface area contributed by atoms with E-state index >= 15 is 0 Å². The lowest BCUT2D eigenvalue weighted by Gasteiger charge is -2.25. The van der Waals surface area contributed by atoms with Crippen molar-refractivity contribution in [2.45, 2.75) is 19.6 Å². The van der Waals surface area contributed by atoms with Crippen LogP contribution in [0.1, 0.15) is 22.9 Å². The van der Waals surface area contributed by atoms with Gasteiger partial charge in [0.25, 0.3) is 5.56 Å². The number of fused-ring (bicyclic) bond motifs is 3. The number of rotatable bonds is 3. The first-order valence-electron chi connectivity index (χ1n) is 10.7. The van der Waals surface area contributed by atoms with Gasteiger partial charge in [0, 0.05) is 20.6 Å². The van der Waals surface area contributed by atoms with Gasteiger partial charge in [0.05, 0.1) is 28.9 Å². The van der Waals surface area contributed by atoms with E-state index in [2.05, 4.69) is 4.57 Å². The van der Waals surface area contributed by atoms with Crippen molar-refractivity contribution >= 4 is 17.0 Å². The molecule has 4 aromatic rings. The molecule has 32 heavy (non-hydrogen) atoms. The summed E-state index contributed by atoms with van der Waals surface area (Å²) in [6, 6.07) is 18.2. The lowest BCUT2D eigenvalue weighted by atomic mass is 10.1. The van der Waals surface area contributed by atoms with Gasteiger partial charge >= 0.3 is 5.69 Å². The van der Waals surface area contributed by atoms with Crippen molar-refractivity contribution in [2.75, 3.05) is 6.61 Å². The number of benzene rings is 2. The third-order valence-corrected chi connectivity index (χ3v) is 6.17. The van der Waals surface area contributed by atoms with Crippen LogP contribution in [0.25, 0.3) is 28.2 Å². The second-order valence-electron chi connectivity index (χ2n) is 8.24. The Labute approximate surface area is 185 Å². The molecule has 0 bridgehead atoms. The summed E-state index contributed by atoms with van der Waals surface area (Å²) in [5.74, 6) is 0. The predicted molar refractivity (Wildman–Crippen MR) is 127 cm³/mol. The van der Waals surface area contributed by atoms with Crippen LogP contribution in [0.4, 0.5) is 0 Å². The smallest absolute Gasteiger partial charge is 0.331 e. The van der Waals surface area contributed by atoms with E-state index in [4.69, 9.17) is 4.74 Å². The van der Waals surface area contributed by atoms with E-state index in [0.717, 1.165) is 28.1 Å². The Balaban J connectivity index is 1.83. The SMILES string of the molecule is Cc1ccc(-c2c3c(=O)n(C)c(=O)n(C)c3c3n2CCOC3/C=C/c2ccccc2)cc1. The van der Waals surface area contributed by atoms with Crippen molar-refractivity contribution in [3.8, 4) is 11.3 Å². The van der Waals surface area contributed by atoms with Crippen molar-refractivity contribution in [1.29, 1.82) is 0 Å². The van der Waals surface area contributed by atoms with E-state index in [-0.39, 0.29) is 17.4 Å². The maximum atomic E-state index is 13.3. The van der Waals surface area contributed by atoms with Gasteiger partial charge in [0.15, 0.2) is 0 Å². The van der Waals surface area contributed by atoms with Crippen molar-refractivity contribution in [1.82, 2.24) is 13.7 Å². The quantitative estimate of drug-likeness (QED) is 0.500. The monoisotopic (exact) mass is 427 g/mol. The molecule has 0 saturated heterocycles. The molecule has 0 N–H and O–H groups in total. The van der Waals surface area contributed by atoms with Crippen LogP contribution in [0.3, 0.4) is 0 Å². The fourth-order valence-corrected chi connectivity index (χ4v) is 4.53.